The summed E-state index contributed by atoms with van der Waals surface area (Å²) in [5, 5.41) is 6.64. The van der Waals surface area contributed by atoms with E-state index < -0.39 is 28.9 Å². The maximum absolute atomic E-state index is 12.9. The maximum Gasteiger partial charge on any atom is 0.416 e. The van der Waals surface area contributed by atoms with E-state index in [-0.39, 0.29) is 32.1 Å². The Labute approximate surface area is 164 Å². The van der Waals surface area contributed by atoms with Crippen LogP contribution < -0.4 is 5.73 Å². The number of oxime groups is 1. The Morgan fingerprint density at radius 2 is 1.96 bits per heavy atom. The molecule has 0 saturated carbocycles. The number of carbonyl (C=O) groups is 1. The van der Waals surface area contributed by atoms with E-state index >= 15 is 0 Å². The molecule has 1 heterocycles. The van der Waals surface area contributed by atoms with E-state index in [1.807, 2.05) is 0 Å². The molecule has 0 radical (unpaired) electrons. The lowest BCUT2D eigenvalue weighted by molar-refractivity contribution is -0.141. The zero-order valence-electron chi connectivity index (χ0n) is 13.7. The average Bonchev–Trinajstić information content (AvgIpc) is 2.82. The highest BCUT2D eigenvalue weighted by Crippen LogP contribution is 2.39. The Bertz CT molecular complexity index is 893. The smallest absolute Gasteiger partial charge is 0.416 e. The number of rotatable bonds is 4. The molecule has 0 amide bonds. The first-order valence-electron chi connectivity index (χ1n) is 6.93. The van der Waals surface area contributed by atoms with E-state index in [1.54, 1.807) is 0 Å². The number of benzene rings is 1. The molecule has 2 N–H and O–H groups in total. The van der Waals surface area contributed by atoms with E-state index in [0.717, 1.165) is 17.8 Å². The van der Waals surface area contributed by atoms with E-state index in [4.69, 9.17) is 28.9 Å². The first kappa shape index (κ1) is 21.4. The third kappa shape index (κ3) is 4.67. The van der Waals surface area contributed by atoms with Gasteiger partial charge in [-0.1, -0.05) is 28.4 Å². The number of nitrogens with two attached hydrogens (primary N) is 1. The van der Waals surface area contributed by atoms with Gasteiger partial charge in [0.25, 0.3) is 0 Å². The SMILES string of the molecule is CC(=O)ON=Cc1nn(-c2c(Cl)cc(C(F)(F)F)cc2Cl)c(N)c1[S+](C)[O-]. The highest BCUT2D eigenvalue weighted by Gasteiger charge is 2.33. The van der Waals surface area contributed by atoms with Crippen LogP contribution in [0.3, 0.4) is 0 Å². The molecular weight excluding hydrogens is 432 g/mol. The van der Waals surface area contributed by atoms with Gasteiger partial charge in [0.05, 0.1) is 21.8 Å². The lowest BCUT2D eigenvalue weighted by Crippen LogP contribution is -2.09. The molecular formula is C14H11Cl2F3N4O3S. The lowest BCUT2D eigenvalue weighted by atomic mass is 10.2. The van der Waals surface area contributed by atoms with Crippen molar-refractivity contribution < 1.29 is 27.4 Å². The van der Waals surface area contributed by atoms with Gasteiger partial charge in [-0.25, -0.2) is 9.48 Å². The number of hydrogen-bond donors (Lipinski definition) is 1. The van der Waals surface area contributed by atoms with Crippen molar-refractivity contribution in [2.45, 2.75) is 18.0 Å². The van der Waals surface area contributed by atoms with Gasteiger partial charge in [0.1, 0.15) is 11.9 Å². The number of alkyl halides is 3. The zero-order valence-corrected chi connectivity index (χ0v) is 16.0. The van der Waals surface area contributed by atoms with Crippen LogP contribution in [0.2, 0.25) is 10.0 Å². The van der Waals surface area contributed by atoms with Crippen molar-refractivity contribution in [1.82, 2.24) is 9.78 Å². The van der Waals surface area contributed by atoms with E-state index in [9.17, 15) is 22.5 Å². The van der Waals surface area contributed by atoms with Gasteiger partial charge in [0.15, 0.2) is 11.5 Å². The largest absolute Gasteiger partial charge is 0.611 e. The van der Waals surface area contributed by atoms with Gasteiger partial charge >= 0.3 is 12.1 Å². The monoisotopic (exact) mass is 442 g/mol. The van der Waals surface area contributed by atoms with Gasteiger partial charge in [-0.2, -0.15) is 18.3 Å². The first-order valence-corrected chi connectivity index (χ1v) is 9.24. The normalized spacial score (nSPS) is 13.2. The number of nitrogen functional groups attached to an aromatic ring is 1. The molecule has 146 valence electrons. The van der Waals surface area contributed by atoms with Crippen molar-refractivity contribution in [2.24, 2.45) is 5.16 Å². The van der Waals surface area contributed by atoms with Crippen LogP contribution in [0.25, 0.3) is 5.69 Å². The summed E-state index contributed by atoms with van der Waals surface area (Å²) in [5.41, 5.74) is 4.70. The highest BCUT2D eigenvalue weighted by atomic mass is 35.5. The van der Waals surface area contributed by atoms with Crippen LogP contribution in [0.4, 0.5) is 19.0 Å². The van der Waals surface area contributed by atoms with Gasteiger partial charge in [-0.05, 0) is 23.3 Å². The van der Waals surface area contributed by atoms with Gasteiger partial charge in [-0.15, -0.1) is 0 Å². The Kier molecular flexibility index (Phi) is 6.30. The summed E-state index contributed by atoms with van der Waals surface area (Å²) < 4.78 is 51.5. The predicted octanol–water partition coefficient (Wildman–Crippen LogP) is 3.41. The summed E-state index contributed by atoms with van der Waals surface area (Å²) in [5.74, 6) is -0.879. The fraction of sp³-hybridized carbons (Fsp3) is 0.214. The van der Waals surface area contributed by atoms with Crippen molar-refractivity contribution in [2.75, 3.05) is 12.0 Å². The summed E-state index contributed by atoms with van der Waals surface area (Å²) in [7, 11) is 0. The highest BCUT2D eigenvalue weighted by molar-refractivity contribution is 7.91. The molecule has 0 spiro atoms. The molecule has 0 saturated heterocycles. The number of anilines is 1. The third-order valence-corrected chi connectivity index (χ3v) is 4.67. The topological polar surface area (TPSA) is 106 Å². The van der Waals surface area contributed by atoms with Crippen LogP contribution in [0.15, 0.2) is 22.2 Å². The minimum Gasteiger partial charge on any atom is -0.611 e. The van der Waals surface area contributed by atoms with Crippen LogP contribution >= 0.6 is 23.2 Å². The van der Waals surface area contributed by atoms with Crippen LogP contribution in [0.1, 0.15) is 18.2 Å². The lowest BCUT2D eigenvalue weighted by Gasteiger charge is -2.13. The van der Waals surface area contributed by atoms with Crippen molar-refractivity contribution in [3.63, 3.8) is 0 Å². The molecule has 2 rings (SSSR count). The summed E-state index contributed by atoms with van der Waals surface area (Å²) in [6.45, 7) is 1.12. The molecule has 7 nitrogen and oxygen atoms in total. The first-order chi connectivity index (χ1) is 12.4. The molecule has 0 bridgehead atoms. The minimum atomic E-state index is -4.65. The van der Waals surface area contributed by atoms with E-state index in [1.165, 1.54) is 6.26 Å². The molecule has 0 aliphatic rings. The molecule has 2 aromatic rings. The second-order valence-electron chi connectivity index (χ2n) is 5.07. The van der Waals surface area contributed by atoms with Gasteiger partial charge in [0, 0.05) is 6.92 Å². The Morgan fingerprint density at radius 1 is 1.41 bits per heavy atom. The second kappa shape index (κ2) is 7.97. The quantitative estimate of drug-likeness (QED) is 0.338. The van der Waals surface area contributed by atoms with Crippen LogP contribution in [0.5, 0.6) is 0 Å². The maximum atomic E-state index is 12.9. The Balaban J connectivity index is 2.63. The van der Waals surface area contributed by atoms with Crippen molar-refractivity contribution in [1.29, 1.82) is 0 Å². The van der Waals surface area contributed by atoms with Crippen LogP contribution in [-0.2, 0) is 27.0 Å². The number of nitrogens with zero attached hydrogens (tertiary/aromatic N) is 3. The average molecular weight is 443 g/mol. The standard InChI is InChI=1S/C14H11Cl2F3N4O3S/c1-6(24)26-21-5-10-12(27(2)25)13(20)23(22-10)11-8(15)3-7(4-9(11)16)14(17,18)19/h3-5H,20H2,1-2H3. The van der Waals surface area contributed by atoms with Crippen molar-refractivity contribution in [3.8, 4) is 5.69 Å². The molecule has 0 fully saturated rings. The van der Waals surface area contributed by atoms with Crippen molar-refractivity contribution in [3.05, 3.63) is 33.4 Å². The second-order valence-corrected chi connectivity index (χ2v) is 7.20. The number of carbonyl (C=O) groups excluding carboxylic acids is 1. The molecule has 1 unspecified atom stereocenters. The van der Waals surface area contributed by atoms with Crippen LogP contribution in [-0.4, -0.2) is 32.8 Å². The van der Waals surface area contributed by atoms with Gasteiger partial charge in [-0.3, -0.25) is 0 Å². The third-order valence-electron chi connectivity index (χ3n) is 3.10. The predicted molar refractivity (Wildman–Crippen MR) is 94.7 cm³/mol. The Hall–Kier alpha value is -1.95. The fourth-order valence-corrected chi connectivity index (χ4v) is 3.48. The van der Waals surface area contributed by atoms with Gasteiger partial charge < -0.3 is 15.1 Å². The van der Waals surface area contributed by atoms with Gasteiger partial charge in [0.2, 0.25) is 4.90 Å². The molecule has 0 aliphatic carbocycles. The summed E-state index contributed by atoms with van der Waals surface area (Å²) in [6.07, 6.45) is -2.37. The number of aromatic nitrogens is 2. The molecule has 1 atom stereocenters. The summed E-state index contributed by atoms with van der Waals surface area (Å²) in [6, 6.07) is 1.33. The van der Waals surface area contributed by atoms with E-state index in [2.05, 4.69) is 15.1 Å². The summed E-state index contributed by atoms with van der Waals surface area (Å²) >= 11 is 10.3. The van der Waals surface area contributed by atoms with Crippen molar-refractivity contribution >= 4 is 52.4 Å². The zero-order chi connectivity index (χ0) is 20.5. The molecule has 1 aromatic carbocycles. The Morgan fingerprint density at radius 3 is 2.41 bits per heavy atom. The number of halogens is 5. The van der Waals surface area contributed by atoms with E-state index in [0.29, 0.717) is 12.1 Å². The fourth-order valence-electron chi connectivity index (χ4n) is 2.07. The molecule has 13 heteroatoms. The molecule has 27 heavy (non-hydrogen) atoms. The summed E-state index contributed by atoms with van der Waals surface area (Å²) in [4.78, 5) is 15.2. The number of hydrogen-bond acceptors (Lipinski definition) is 6. The minimum absolute atomic E-state index is 0.0120. The molecule has 0 aliphatic heterocycles. The van der Waals surface area contributed by atoms with Crippen LogP contribution in [0, 0.1) is 0 Å². The molecule has 1 aromatic heterocycles.